The average Bonchev–Trinajstić information content (AvgIpc) is 2.72. The van der Waals surface area contributed by atoms with Crippen LogP contribution in [0.15, 0.2) is 18.2 Å². The van der Waals surface area contributed by atoms with Crippen molar-refractivity contribution in [1.82, 2.24) is 0 Å². The van der Waals surface area contributed by atoms with Crippen LogP contribution in [0.25, 0.3) is 0 Å². The Bertz CT molecular complexity index is 579. The lowest BCUT2D eigenvalue weighted by Gasteiger charge is -2.12. The summed E-state index contributed by atoms with van der Waals surface area (Å²) in [6.45, 7) is 1.90. The molecule has 164 valence electrons. The molecule has 0 aromatic heterocycles. The molecule has 1 rings (SSSR count). The van der Waals surface area contributed by atoms with Gasteiger partial charge in [0.05, 0.1) is 20.8 Å². The molecule has 29 heavy (non-hydrogen) atoms. The molecule has 1 aromatic rings. The molecule has 0 N–H and O–H groups in total. The van der Waals surface area contributed by atoms with Crippen LogP contribution in [0, 0.1) is 0 Å². The molecular weight excluding hydrogens is 376 g/mol. The minimum absolute atomic E-state index is 0.170. The van der Waals surface area contributed by atoms with E-state index in [9.17, 15) is 9.59 Å². The van der Waals surface area contributed by atoms with Gasteiger partial charge < -0.3 is 23.7 Å². The second-order valence-electron chi connectivity index (χ2n) is 6.65. The highest BCUT2D eigenvalue weighted by Gasteiger charge is 2.16. The molecule has 0 saturated carbocycles. The summed E-state index contributed by atoms with van der Waals surface area (Å²) in [5.74, 6) is -0.257. The van der Waals surface area contributed by atoms with Crippen LogP contribution < -0.4 is 14.2 Å². The number of hydrogen-bond donors (Lipinski definition) is 0. The molecule has 0 fully saturated rings. The number of methoxy groups -OCH3 is 2. The molecule has 7 nitrogen and oxygen atoms in total. The second kappa shape index (κ2) is 15.6. The lowest BCUT2D eigenvalue weighted by atomic mass is 10.1. The summed E-state index contributed by atoms with van der Waals surface area (Å²) in [6, 6.07) is 5.01. The maximum absolute atomic E-state index is 11.9. The fourth-order valence-electron chi connectivity index (χ4n) is 2.74. The topological polar surface area (TPSA) is 80.3 Å². The van der Waals surface area contributed by atoms with Gasteiger partial charge in [-0.25, -0.2) is 9.59 Å². The zero-order valence-corrected chi connectivity index (χ0v) is 17.9. The molecule has 0 saturated heterocycles. The zero-order chi connectivity index (χ0) is 21.3. The van der Waals surface area contributed by atoms with Gasteiger partial charge in [-0.05, 0) is 18.6 Å². The number of unbranched alkanes of at least 4 members (excludes halogenated alkanes) is 7. The maximum Gasteiger partial charge on any atom is 0.337 e. The number of benzene rings is 1. The Hall–Kier alpha value is -2.28. The van der Waals surface area contributed by atoms with Crippen molar-refractivity contribution in [3.05, 3.63) is 18.2 Å². The number of ether oxygens (including phenoxy) is 5. The third-order valence-corrected chi connectivity index (χ3v) is 4.30. The highest BCUT2D eigenvalue weighted by molar-refractivity contribution is 5.76. The molecular formula is C22H34O7. The van der Waals surface area contributed by atoms with Gasteiger partial charge in [0.2, 0.25) is 5.75 Å². The Morgan fingerprint density at radius 2 is 1.34 bits per heavy atom. The molecule has 7 heteroatoms. The summed E-state index contributed by atoms with van der Waals surface area (Å²) < 4.78 is 25.7. The Kier molecular flexibility index (Phi) is 13.3. The Morgan fingerprint density at radius 3 is 1.93 bits per heavy atom. The van der Waals surface area contributed by atoms with Crippen LogP contribution in [0.2, 0.25) is 0 Å². The van der Waals surface area contributed by atoms with Gasteiger partial charge in [0.1, 0.15) is 13.2 Å². The van der Waals surface area contributed by atoms with E-state index in [2.05, 4.69) is 6.92 Å². The van der Waals surface area contributed by atoms with Gasteiger partial charge in [0.25, 0.3) is 0 Å². The maximum atomic E-state index is 11.9. The Morgan fingerprint density at radius 1 is 0.793 bits per heavy atom. The van der Waals surface area contributed by atoms with Crippen LogP contribution in [-0.4, -0.2) is 46.0 Å². The summed E-state index contributed by atoms with van der Waals surface area (Å²) in [4.78, 5) is 23.6. The van der Waals surface area contributed by atoms with Crippen molar-refractivity contribution in [3.8, 4) is 17.2 Å². The highest BCUT2D eigenvalue weighted by Crippen LogP contribution is 2.36. The lowest BCUT2D eigenvalue weighted by Crippen LogP contribution is -2.20. The number of hydrogen-bond acceptors (Lipinski definition) is 7. The molecule has 0 spiro atoms. The van der Waals surface area contributed by atoms with Crippen LogP contribution in [0.3, 0.4) is 0 Å². The largest absolute Gasteiger partial charge is 0.493 e. The van der Waals surface area contributed by atoms with Crippen molar-refractivity contribution in [2.45, 2.75) is 58.3 Å². The molecule has 0 amide bonds. The van der Waals surface area contributed by atoms with E-state index >= 15 is 0 Å². The summed E-state index contributed by atoms with van der Waals surface area (Å²) in [5, 5.41) is 0. The summed E-state index contributed by atoms with van der Waals surface area (Å²) in [6.07, 6.45) is 9.42. The Balaban J connectivity index is 2.15. The zero-order valence-electron chi connectivity index (χ0n) is 17.9. The van der Waals surface area contributed by atoms with Crippen molar-refractivity contribution in [2.24, 2.45) is 0 Å². The molecule has 0 bridgehead atoms. The third-order valence-electron chi connectivity index (χ3n) is 4.30. The van der Waals surface area contributed by atoms with Gasteiger partial charge in [0.15, 0.2) is 11.5 Å². The lowest BCUT2D eigenvalue weighted by molar-refractivity contribution is -0.152. The van der Waals surface area contributed by atoms with Crippen molar-refractivity contribution < 1.29 is 33.3 Å². The Labute approximate surface area is 173 Å². The summed E-state index contributed by atoms with van der Waals surface area (Å²) in [7, 11) is 2.93. The summed E-state index contributed by atoms with van der Waals surface area (Å²) >= 11 is 0. The average molecular weight is 411 g/mol. The molecule has 1 aromatic carbocycles. The van der Waals surface area contributed by atoms with Gasteiger partial charge in [-0.15, -0.1) is 0 Å². The molecule has 0 aliphatic carbocycles. The first-order valence-electron chi connectivity index (χ1n) is 10.3. The van der Waals surface area contributed by atoms with E-state index in [0.717, 1.165) is 19.3 Å². The second-order valence-corrected chi connectivity index (χ2v) is 6.65. The van der Waals surface area contributed by atoms with Crippen molar-refractivity contribution in [3.63, 3.8) is 0 Å². The molecule has 0 atom stereocenters. The molecule has 0 radical (unpaired) electrons. The van der Waals surface area contributed by atoms with Gasteiger partial charge in [-0.2, -0.15) is 0 Å². The van der Waals surface area contributed by atoms with Crippen LogP contribution in [0.1, 0.15) is 58.3 Å². The van der Waals surface area contributed by atoms with Crippen molar-refractivity contribution in [1.29, 1.82) is 0 Å². The molecule has 0 aliphatic rings. The van der Waals surface area contributed by atoms with E-state index in [1.54, 1.807) is 18.2 Å². The highest BCUT2D eigenvalue weighted by atomic mass is 16.6. The van der Waals surface area contributed by atoms with Crippen molar-refractivity contribution >= 4 is 11.9 Å². The number of para-hydroxylation sites is 1. The predicted molar refractivity (Wildman–Crippen MR) is 110 cm³/mol. The predicted octanol–water partition coefficient (Wildman–Crippen LogP) is 4.31. The smallest absolute Gasteiger partial charge is 0.337 e. The quantitative estimate of drug-likeness (QED) is 0.228. The van der Waals surface area contributed by atoms with Gasteiger partial charge >= 0.3 is 11.9 Å². The normalized spacial score (nSPS) is 10.4. The molecule has 0 aliphatic heterocycles. The van der Waals surface area contributed by atoms with Crippen molar-refractivity contribution in [2.75, 3.05) is 34.0 Å². The monoisotopic (exact) mass is 410 g/mol. The van der Waals surface area contributed by atoms with E-state index in [0.29, 0.717) is 18.1 Å². The van der Waals surface area contributed by atoms with E-state index in [1.165, 1.54) is 46.3 Å². The minimum atomic E-state index is -0.663. The summed E-state index contributed by atoms with van der Waals surface area (Å²) in [5.41, 5.74) is 0. The fourth-order valence-corrected chi connectivity index (χ4v) is 2.74. The van der Waals surface area contributed by atoms with E-state index < -0.39 is 11.9 Å². The van der Waals surface area contributed by atoms with E-state index in [1.807, 2.05) is 0 Å². The van der Waals surface area contributed by atoms with Gasteiger partial charge in [-0.3, -0.25) is 0 Å². The fraction of sp³-hybridized carbons (Fsp3) is 0.636. The van der Waals surface area contributed by atoms with Crippen LogP contribution in [-0.2, 0) is 19.1 Å². The van der Waals surface area contributed by atoms with Crippen LogP contribution in [0.4, 0.5) is 0 Å². The van der Waals surface area contributed by atoms with E-state index in [-0.39, 0.29) is 19.0 Å². The van der Waals surface area contributed by atoms with Crippen LogP contribution >= 0.6 is 0 Å². The van der Waals surface area contributed by atoms with Crippen LogP contribution in [0.5, 0.6) is 17.2 Å². The van der Waals surface area contributed by atoms with Gasteiger partial charge in [0, 0.05) is 0 Å². The SMILES string of the molecule is CCCCCCCCCCOC(=O)COCC(=O)Oc1c(OC)cccc1OC. The number of esters is 2. The van der Waals surface area contributed by atoms with E-state index in [4.69, 9.17) is 23.7 Å². The number of rotatable bonds is 16. The first kappa shape index (κ1) is 24.8. The number of carbonyl (C=O) groups excluding carboxylic acids is 2. The first-order chi connectivity index (χ1) is 14.1. The van der Waals surface area contributed by atoms with Gasteiger partial charge in [-0.1, -0.05) is 57.9 Å². The minimum Gasteiger partial charge on any atom is -0.493 e. The first-order valence-corrected chi connectivity index (χ1v) is 10.3. The molecule has 0 heterocycles. The number of carbonyl (C=O) groups is 2. The third kappa shape index (κ3) is 10.7. The standard InChI is InChI=1S/C22H34O7/c1-4-5-6-7-8-9-10-11-15-28-20(23)16-27-17-21(24)29-22-18(25-2)13-12-14-19(22)26-3/h12-14H,4-11,15-17H2,1-3H3. The molecule has 0 unspecified atom stereocenters.